The highest BCUT2D eigenvalue weighted by Gasteiger charge is 2.16. The summed E-state index contributed by atoms with van der Waals surface area (Å²) in [6, 6.07) is 1.69. The van der Waals surface area contributed by atoms with Gasteiger partial charge < -0.3 is 10.1 Å². The first kappa shape index (κ1) is 14.8. The van der Waals surface area contributed by atoms with E-state index in [9.17, 15) is 0 Å². The van der Waals surface area contributed by atoms with E-state index in [1.807, 2.05) is 0 Å². The van der Waals surface area contributed by atoms with Crippen molar-refractivity contribution in [2.75, 3.05) is 19.0 Å². The summed E-state index contributed by atoms with van der Waals surface area (Å²) in [5, 5.41) is 4.23. The molecule has 96 valence electrons. The number of nitrogens with one attached hydrogen (secondary N) is 1. The number of hydrogen-bond donors (Lipinski definition) is 1. The average Bonchev–Trinajstić information content (AvgIpc) is 2.24. The lowest BCUT2D eigenvalue weighted by Crippen LogP contribution is -2.31. The van der Waals surface area contributed by atoms with Gasteiger partial charge in [-0.1, -0.05) is 48.7 Å². The molecule has 0 spiro atoms. The Labute approximate surface area is 116 Å². The van der Waals surface area contributed by atoms with Gasteiger partial charge >= 0.3 is 0 Å². The molecule has 1 aromatic heterocycles. The van der Waals surface area contributed by atoms with Crippen molar-refractivity contribution in [2.24, 2.45) is 5.92 Å². The van der Waals surface area contributed by atoms with Crippen LogP contribution >= 0.6 is 34.8 Å². The maximum atomic E-state index is 6.04. The van der Waals surface area contributed by atoms with Gasteiger partial charge in [0.2, 0.25) is 0 Å². The highest BCUT2D eigenvalue weighted by molar-refractivity contribution is 6.42. The molecule has 0 saturated heterocycles. The molecule has 1 rings (SSSR count). The maximum absolute atomic E-state index is 6.04. The monoisotopic (exact) mass is 296 g/mol. The van der Waals surface area contributed by atoms with E-state index in [2.05, 4.69) is 24.1 Å². The van der Waals surface area contributed by atoms with Crippen LogP contribution in [0, 0.1) is 5.92 Å². The van der Waals surface area contributed by atoms with Crippen LogP contribution in [0.5, 0.6) is 0 Å². The number of anilines is 1. The van der Waals surface area contributed by atoms with Gasteiger partial charge in [0.1, 0.15) is 11.0 Å². The van der Waals surface area contributed by atoms with Gasteiger partial charge in [0.05, 0.1) is 22.7 Å². The third-order valence-electron chi connectivity index (χ3n) is 2.36. The lowest BCUT2D eigenvalue weighted by Gasteiger charge is -2.22. The Morgan fingerprint density at radius 1 is 1.29 bits per heavy atom. The van der Waals surface area contributed by atoms with Crippen LogP contribution < -0.4 is 5.32 Å². The zero-order valence-electron chi connectivity index (χ0n) is 9.93. The highest BCUT2D eigenvalue weighted by Crippen LogP contribution is 2.29. The van der Waals surface area contributed by atoms with E-state index >= 15 is 0 Å². The molecule has 0 aliphatic heterocycles. The summed E-state index contributed by atoms with van der Waals surface area (Å²) < 4.78 is 5.14. The number of hydrogen-bond acceptors (Lipinski definition) is 3. The molecular formula is C11H15Cl3N2O. The van der Waals surface area contributed by atoms with Crippen LogP contribution in [-0.2, 0) is 4.74 Å². The number of pyridine rings is 1. The van der Waals surface area contributed by atoms with Crippen molar-refractivity contribution in [1.82, 2.24) is 4.98 Å². The Morgan fingerprint density at radius 3 is 2.47 bits per heavy atom. The average molecular weight is 298 g/mol. The molecule has 0 aliphatic carbocycles. The highest BCUT2D eigenvalue weighted by atomic mass is 35.5. The summed E-state index contributed by atoms with van der Waals surface area (Å²) >= 11 is 17.7. The summed E-state index contributed by atoms with van der Waals surface area (Å²) in [6.07, 6.45) is 0. The lowest BCUT2D eigenvalue weighted by molar-refractivity contribution is 0.171. The molecule has 17 heavy (non-hydrogen) atoms. The third kappa shape index (κ3) is 4.18. The zero-order valence-corrected chi connectivity index (χ0v) is 12.2. The summed E-state index contributed by atoms with van der Waals surface area (Å²) in [5.74, 6) is 0.902. The van der Waals surface area contributed by atoms with Crippen LogP contribution in [0.3, 0.4) is 0 Å². The van der Waals surface area contributed by atoms with Crippen LogP contribution in [0.25, 0.3) is 0 Å². The van der Waals surface area contributed by atoms with E-state index in [1.54, 1.807) is 13.2 Å². The normalized spacial score (nSPS) is 12.9. The molecule has 0 bridgehead atoms. The smallest absolute Gasteiger partial charge is 0.150 e. The fourth-order valence-electron chi connectivity index (χ4n) is 1.30. The number of halogens is 3. The second-order valence-electron chi connectivity index (χ2n) is 4.04. The molecule has 0 aromatic carbocycles. The second kappa shape index (κ2) is 6.64. The zero-order chi connectivity index (χ0) is 13.0. The number of ether oxygens (including phenoxy) is 1. The van der Waals surface area contributed by atoms with Gasteiger partial charge in [-0.05, 0) is 12.0 Å². The molecule has 0 amide bonds. The van der Waals surface area contributed by atoms with E-state index < -0.39 is 0 Å². The Hall–Kier alpha value is -0.220. The first-order chi connectivity index (χ1) is 7.95. The molecule has 0 radical (unpaired) electrons. The summed E-state index contributed by atoms with van der Waals surface area (Å²) in [6.45, 7) is 4.74. The minimum atomic E-state index is 0.113. The van der Waals surface area contributed by atoms with E-state index in [1.165, 1.54) is 0 Å². The predicted molar refractivity (Wildman–Crippen MR) is 73.4 cm³/mol. The number of methoxy groups -OCH3 is 1. The van der Waals surface area contributed by atoms with Gasteiger partial charge in [0.15, 0.2) is 0 Å². The molecule has 0 aliphatic rings. The van der Waals surface area contributed by atoms with E-state index in [0.29, 0.717) is 28.4 Å². The van der Waals surface area contributed by atoms with Gasteiger partial charge in [-0.3, -0.25) is 0 Å². The van der Waals surface area contributed by atoms with E-state index in [-0.39, 0.29) is 11.2 Å². The Kier molecular flexibility index (Phi) is 5.80. The van der Waals surface area contributed by atoms with Gasteiger partial charge in [-0.15, -0.1) is 0 Å². The predicted octanol–water partition coefficient (Wildman–Crippen LogP) is 4.12. The minimum Gasteiger partial charge on any atom is -0.383 e. The lowest BCUT2D eigenvalue weighted by atomic mass is 10.1. The quantitative estimate of drug-likeness (QED) is 0.830. The molecule has 0 fully saturated rings. The standard InChI is InChI=1S/C11H15Cl3N2O/c1-6(2)9(5-17-3)15-11-8(13)4-7(12)10(14)16-11/h4,6,9H,5H2,1-3H3,(H,15,16). The van der Waals surface area contributed by atoms with E-state index in [0.717, 1.165) is 0 Å². The fourth-order valence-corrected chi connectivity index (χ4v) is 1.85. The van der Waals surface area contributed by atoms with Crippen LogP contribution in [0.15, 0.2) is 6.07 Å². The number of aromatic nitrogens is 1. The minimum absolute atomic E-state index is 0.113. The van der Waals surface area contributed by atoms with Crippen molar-refractivity contribution in [3.05, 3.63) is 21.3 Å². The van der Waals surface area contributed by atoms with Crippen molar-refractivity contribution < 1.29 is 4.74 Å². The Morgan fingerprint density at radius 2 is 1.94 bits per heavy atom. The van der Waals surface area contributed by atoms with Gasteiger partial charge in [0, 0.05) is 7.11 Å². The van der Waals surface area contributed by atoms with E-state index in [4.69, 9.17) is 39.5 Å². The Balaban J connectivity index is 2.89. The molecule has 1 atom stereocenters. The van der Waals surface area contributed by atoms with Gasteiger partial charge in [-0.25, -0.2) is 4.98 Å². The van der Waals surface area contributed by atoms with Crippen LogP contribution in [0.1, 0.15) is 13.8 Å². The molecule has 1 unspecified atom stereocenters. The fraction of sp³-hybridized carbons (Fsp3) is 0.545. The molecule has 1 N–H and O–H groups in total. The summed E-state index contributed by atoms with van der Waals surface area (Å²) in [7, 11) is 1.65. The van der Waals surface area contributed by atoms with Gasteiger partial charge in [-0.2, -0.15) is 0 Å². The molecule has 1 aromatic rings. The van der Waals surface area contributed by atoms with Crippen molar-refractivity contribution in [2.45, 2.75) is 19.9 Å². The van der Waals surface area contributed by atoms with Crippen molar-refractivity contribution in [3.63, 3.8) is 0 Å². The second-order valence-corrected chi connectivity index (χ2v) is 5.21. The Bertz CT molecular complexity index is 385. The number of rotatable bonds is 5. The largest absolute Gasteiger partial charge is 0.383 e. The molecule has 1 heterocycles. The van der Waals surface area contributed by atoms with Crippen molar-refractivity contribution in [3.8, 4) is 0 Å². The van der Waals surface area contributed by atoms with Crippen LogP contribution in [0.4, 0.5) is 5.82 Å². The first-order valence-electron chi connectivity index (χ1n) is 5.22. The SMILES string of the molecule is COCC(Nc1nc(Cl)c(Cl)cc1Cl)C(C)C. The van der Waals surface area contributed by atoms with Gasteiger partial charge in [0.25, 0.3) is 0 Å². The number of nitrogens with zero attached hydrogens (tertiary/aromatic N) is 1. The first-order valence-corrected chi connectivity index (χ1v) is 6.36. The maximum Gasteiger partial charge on any atom is 0.150 e. The summed E-state index contributed by atoms with van der Waals surface area (Å²) in [5.41, 5.74) is 0. The summed E-state index contributed by atoms with van der Waals surface area (Å²) in [4.78, 5) is 4.11. The molecular weight excluding hydrogens is 282 g/mol. The molecule has 0 saturated carbocycles. The van der Waals surface area contributed by atoms with Crippen LogP contribution in [-0.4, -0.2) is 24.7 Å². The molecule has 6 heteroatoms. The molecule has 3 nitrogen and oxygen atoms in total. The third-order valence-corrected chi connectivity index (χ3v) is 3.32. The topological polar surface area (TPSA) is 34.1 Å². The van der Waals surface area contributed by atoms with Crippen LogP contribution in [0.2, 0.25) is 15.2 Å². The van der Waals surface area contributed by atoms with Crippen molar-refractivity contribution in [1.29, 1.82) is 0 Å². The van der Waals surface area contributed by atoms with Crippen molar-refractivity contribution >= 4 is 40.6 Å².